The molecule has 0 aliphatic rings. The Balaban J connectivity index is 1.40. The number of carbonyl (C=O) groups is 1. The predicted octanol–water partition coefficient (Wildman–Crippen LogP) is 7.16. The van der Waals surface area contributed by atoms with Gasteiger partial charge in [-0.3, -0.25) is 0 Å². The third kappa shape index (κ3) is 7.35. The van der Waals surface area contributed by atoms with Crippen LogP contribution in [0.1, 0.15) is 53.6 Å². The van der Waals surface area contributed by atoms with Gasteiger partial charge in [0.25, 0.3) is 0 Å². The van der Waals surface area contributed by atoms with E-state index in [1.54, 1.807) is 52.1 Å². The highest BCUT2D eigenvalue weighted by atomic mass is 19.1. The van der Waals surface area contributed by atoms with Crippen LogP contribution in [-0.2, 0) is 29.0 Å². The van der Waals surface area contributed by atoms with Crippen molar-refractivity contribution in [3.8, 4) is 23.2 Å². The van der Waals surface area contributed by atoms with Crippen LogP contribution in [0.25, 0.3) is 22.3 Å². The number of imidazole rings is 1. The number of methoxy groups -OCH3 is 1. The van der Waals surface area contributed by atoms with Crippen molar-refractivity contribution >= 4 is 17.0 Å². The van der Waals surface area contributed by atoms with Gasteiger partial charge in [0.15, 0.2) is 0 Å². The molecule has 2 aromatic heterocycles. The van der Waals surface area contributed by atoms with E-state index in [1.165, 1.54) is 24.3 Å². The Morgan fingerprint density at radius 1 is 0.935 bits per heavy atom. The minimum absolute atomic E-state index is 0.0318. The van der Waals surface area contributed by atoms with Crippen molar-refractivity contribution in [2.45, 2.75) is 45.9 Å². The fourth-order valence-electron chi connectivity index (χ4n) is 4.82. The van der Waals surface area contributed by atoms with Crippen LogP contribution in [0.4, 0.5) is 13.2 Å². The quantitative estimate of drug-likeness (QED) is 0.151. The summed E-state index contributed by atoms with van der Waals surface area (Å²) < 4.78 is 63.5. The molecule has 3 aromatic carbocycles. The molecule has 0 fully saturated rings. The lowest BCUT2D eigenvalue weighted by Crippen LogP contribution is -2.23. The first-order valence-corrected chi connectivity index (χ1v) is 14.4. The fraction of sp³-hybridized carbons (Fsp3) is 0.257. The summed E-state index contributed by atoms with van der Waals surface area (Å²) in [5, 5.41) is 8.92. The Morgan fingerprint density at radius 2 is 1.72 bits per heavy atom. The highest BCUT2D eigenvalue weighted by Crippen LogP contribution is 2.29. The van der Waals surface area contributed by atoms with Crippen LogP contribution in [0.5, 0.6) is 5.88 Å². The van der Waals surface area contributed by atoms with E-state index in [1.807, 2.05) is 10.6 Å². The van der Waals surface area contributed by atoms with Crippen molar-refractivity contribution in [2.24, 2.45) is 0 Å². The van der Waals surface area contributed by atoms with E-state index in [0.717, 1.165) is 18.2 Å². The summed E-state index contributed by atoms with van der Waals surface area (Å²) in [6.07, 6.45) is -0.0318. The molecule has 0 atom stereocenters. The summed E-state index contributed by atoms with van der Waals surface area (Å²) in [4.78, 5) is 21.7. The number of rotatable bonds is 10. The molecule has 8 nitrogen and oxygen atoms in total. The monoisotopic (exact) mass is 628 g/mol. The second-order valence-corrected chi connectivity index (χ2v) is 11.5. The van der Waals surface area contributed by atoms with Crippen LogP contribution < -0.4 is 4.74 Å². The summed E-state index contributed by atoms with van der Waals surface area (Å²) in [5.74, 6) is -1.90. The summed E-state index contributed by atoms with van der Waals surface area (Å²) in [6.45, 7) is 5.87. The van der Waals surface area contributed by atoms with E-state index in [0.29, 0.717) is 35.6 Å². The molecule has 5 aromatic rings. The van der Waals surface area contributed by atoms with Gasteiger partial charge in [-0.25, -0.2) is 27.9 Å². The molecule has 0 unspecified atom stereocenters. The summed E-state index contributed by atoms with van der Waals surface area (Å²) in [6, 6.07) is 17.7. The molecule has 46 heavy (non-hydrogen) atoms. The maximum atomic E-state index is 15.5. The van der Waals surface area contributed by atoms with Gasteiger partial charge in [0.05, 0.1) is 40.5 Å². The number of pyridine rings is 1. The fourth-order valence-corrected chi connectivity index (χ4v) is 4.82. The molecule has 0 aliphatic heterocycles. The highest BCUT2D eigenvalue weighted by Gasteiger charge is 2.21. The zero-order valence-corrected chi connectivity index (χ0v) is 25.7. The van der Waals surface area contributed by atoms with E-state index >= 15 is 8.78 Å². The smallest absolute Gasteiger partial charge is 0.338 e. The van der Waals surface area contributed by atoms with E-state index in [9.17, 15) is 9.18 Å². The number of ether oxygens (including phenoxy) is 3. The number of carbonyl (C=O) groups excluding carboxylic acids is 1. The third-order valence-electron chi connectivity index (χ3n) is 7.02. The van der Waals surface area contributed by atoms with Gasteiger partial charge in [0, 0.05) is 37.3 Å². The Labute approximate surface area is 264 Å². The van der Waals surface area contributed by atoms with Crippen LogP contribution in [0.3, 0.4) is 0 Å². The molecule has 0 radical (unpaired) electrons. The second kappa shape index (κ2) is 13.4. The first-order chi connectivity index (χ1) is 22.0. The third-order valence-corrected chi connectivity index (χ3v) is 7.02. The Hall–Kier alpha value is -5.21. The largest absolute Gasteiger partial charge is 0.473 e. The van der Waals surface area contributed by atoms with Gasteiger partial charge >= 0.3 is 5.97 Å². The lowest BCUT2D eigenvalue weighted by atomic mass is 10.0. The first kappa shape index (κ1) is 32.2. The lowest BCUT2D eigenvalue weighted by Gasteiger charge is -2.19. The normalized spacial score (nSPS) is 11.4. The van der Waals surface area contributed by atoms with Crippen molar-refractivity contribution in [3.05, 3.63) is 112 Å². The number of fused-ring (bicyclic) bond motifs is 1. The first-order valence-electron chi connectivity index (χ1n) is 14.4. The molecular formula is C35H31F3N4O4. The Bertz CT molecular complexity index is 1960. The molecule has 0 amide bonds. The van der Waals surface area contributed by atoms with Crippen LogP contribution in [0, 0.1) is 28.8 Å². The summed E-state index contributed by atoms with van der Waals surface area (Å²) in [7, 11) is 1.55. The average molecular weight is 629 g/mol. The van der Waals surface area contributed by atoms with E-state index < -0.39 is 29.0 Å². The standard InChI is InChI=1S/C35H31F3N4O4/c1-35(2,3)46-34(43)22-10-11-30-31(16-22)42(12-13-44-4)32(40-30)17-24-15-28(38)25(18-27(24)37)29-6-5-7-33(41-29)45-20-23-9-8-21(19-39)14-26(23)36/h5-11,14-16,18H,12-13,17,20H2,1-4H3. The molecule has 0 spiro atoms. The number of halogens is 3. The summed E-state index contributed by atoms with van der Waals surface area (Å²) in [5.41, 5.74) is 1.41. The average Bonchev–Trinajstić information content (AvgIpc) is 3.36. The van der Waals surface area contributed by atoms with Crippen molar-refractivity contribution < 1.29 is 32.2 Å². The maximum absolute atomic E-state index is 15.5. The van der Waals surface area contributed by atoms with Gasteiger partial charge in [0.2, 0.25) is 5.88 Å². The van der Waals surface area contributed by atoms with E-state index in [4.69, 9.17) is 19.5 Å². The molecule has 0 bridgehead atoms. The van der Waals surface area contributed by atoms with Crippen LogP contribution in [-0.4, -0.2) is 39.8 Å². The van der Waals surface area contributed by atoms with Gasteiger partial charge in [-0.05, 0) is 74.9 Å². The number of hydrogen-bond donors (Lipinski definition) is 0. The van der Waals surface area contributed by atoms with Crippen LogP contribution >= 0.6 is 0 Å². The van der Waals surface area contributed by atoms with E-state index in [-0.39, 0.29) is 46.9 Å². The molecule has 0 saturated carbocycles. The molecule has 5 rings (SSSR count). The Kier molecular flexibility index (Phi) is 9.39. The molecule has 236 valence electrons. The van der Waals surface area contributed by atoms with Crippen molar-refractivity contribution in [1.82, 2.24) is 14.5 Å². The minimum Gasteiger partial charge on any atom is -0.473 e. The van der Waals surface area contributed by atoms with Gasteiger partial charge in [-0.15, -0.1) is 0 Å². The number of hydrogen-bond acceptors (Lipinski definition) is 7. The topological polar surface area (TPSA) is 99.3 Å². The zero-order chi connectivity index (χ0) is 33.0. The van der Waals surface area contributed by atoms with Gasteiger partial charge < -0.3 is 18.8 Å². The number of nitriles is 1. The number of esters is 1. The predicted molar refractivity (Wildman–Crippen MR) is 165 cm³/mol. The number of benzene rings is 3. The molecule has 11 heteroatoms. The molecule has 0 saturated heterocycles. The molecule has 2 heterocycles. The molecular weight excluding hydrogens is 597 g/mol. The maximum Gasteiger partial charge on any atom is 0.338 e. The lowest BCUT2D eigenvalue weighted by molar-refractivity contribution is 0.00696. The Morgan fingerprint density at radius 3 is 2.43 bits per heavy atom. The minimum atomic E-state index is -0.703. The van der Waals surface area contributed by atoms with Crippen molar-refractivity contribution in [3.63, 3.8) is 0 Å². The van der Waals surface area contributed by atoms with Gasteiger partial charge in [-0.2, -0.15) is 5.26 Å². The van der Waals surface area contributed by atoms with Gasteiger partial charge in [-0.1, -0.05) is 12.1 Å². The number of aromatic nitrogens is 3. The van der Waals surface area contributed by atoms with E-state index in [2.05, 4.69) is 9.97 Å². The van der Waals surface area contributed by atoms with Crippen molar-refractivity contribution in [2.75, 3.05) is 13.7 Å². The van der Waals surface area contributed by atoms with Crippen LogP contribution in [0.2, 0.25) is 0 Å². The van der Waals surface area contributed by atoms with Gasteiger partial charge in [0.1, 0.15) is 35.5 Å². The molecule has 0 aliphatic carbocycles. The SMILES string of the molecule is COCCn1c(Cc2cc(F)c(-c3cccc(OCc4ccc(C#N)cc4F)n3)cc2F)nc2ccc(C(=O)OC(C)(C)C)cc21. The second-order valence-electron chi connectivity index (χ2n) is 11.5. The molecule has 0 N–H and O–H groups in total. The number of nitrogens with zero attached hydrogens (tertiary/aromatic N) is 4. The van der Waals surface area contributed by atoms with Crippen LogP contribution in [0.15, 0.2) is 66.7 Å². The highest BCUT2D eigenvalue weighted by molar-refractivity contribution is 5.94. The van der Waals surface area contributed by atoms with Crippen molar-refractivity contribution in [1.29, 1.82) is 5.26 Å². The summed E-state index contributed by atoms with van der Waals surface area (Å²) >= 11 is 0. The zero-order valence-electron chi connectivity index (χ0n) is 25.7.